The number of nitrogens with zero attached hydrogens (tertiary/aromatic N) is 3. The first-order chi connectivity index (χ1) is 8.41. The van der Waals surface area contributed by atoms with Crippen LogP contribution in [0.15, 0.2) is 0 Å². The van der Waals surface area contributed by atoms with Gasteiger partial charge in [0.15, 0.2) is 5.69 Å². The van der Waals surface area contributed by atoms with E-state index in [2.05, 4.69) is 10.3 Å². The molecule has 1 rings (SSSR count). The first-order valence-electron chi connectivity index (χ1n) is 6.23. The summed E-state index contributed by atoms with van der Waals surface area (Å²) in [5.41, 5.74) is 6.38. The van der Waals surface area contributed by atoms with Crippen LogP contribution in [0.25, 0.3) is 0 Å². The number of carbonyl (C=O) groups is 1. The molecule has 0 amide bonds. The van der Waals surface area contributed by atoms with Gasteiger partial charge in [0.1, 0.15) is 0 Å². The summed E-state index contributed by atoms with van der Waals surface area (Å²) < 4.78 is 6.75. The first kappa shape index (κ1) is 14.6. The van der Waals surface area contributed by atoms with Gasteiger partial charge in [-0.3, -0.25) is 0 Å². The average molecular weight is 254 g/mol. The Labute approximate surface area is 107 Å². The molecule has 0 bridgehead atoms. The smallest absolute Gasteiger partial charge is 0.360 e. The number of esters is 1. The van der Waals surface area contributed by atoms with Gasteiger partial charge in [-0.25, -0.2) is 9.48 Å². The summed E-state index contributed by atoms with van der Waals surface area (Å²) >= 11 is 0. The van der Waals surface area contributed by atoms with Gasteiger partial charge in [-0.15, -0.1) is 5.10 Å². The second-order valence-electron chi connectivity index (χ2n) is 5.12. The molecule has 1 heterocycles. The van der Waals surface area contributed by atoms with Gasteiger partial charge in [-0.2, -0.15) is 0 Å². The lowest BCUT2D eigenvalue weighted by Gasteiger charge is -2.20. The molecule has 0 aliphatic rings. The van der Waals surface area contributed by atoms with Gasteiger partial charge in [0, 0.05) is 12.0 Å². The maximum absolute atomic E-state index is 11.8. The van der Waals surface area contributed by atoms with Gasteiger partial charge in [0.05, 0.1) is 12.3 Å². The van der Waals surface area contributed by atoms with Gasteiger partial charge < -0.3 is 10.5 Å². The van der Waals surface area contributed by atoms with Crippen LogP contribution in [-0.4, -0.2) is 34.1 Å². The fourth-order valence-corrected chi connectivity index (χ4v) is 1.79. The third-order valence-electron chi connectivity index (χ3n) is 2.49. The van der Waals surface area contributed by atoms with Crippen LogP contribution >= 0.6 is 0 Å². The van der Waals surface area contributed by atoms with Crippen LogP contribution in [-0.2, 0) is 16.7 Å². The van der Waals surface area contributed by atoms with Crippen LogP contribution in [0.5, 0.6) is 0 Å². The molecule has 6 nitrogen and oxygen atoms in total. The van der Waals surface area contributed by atoms with Crippen molar-refractivity contribution in [2.24, 2.45) is 5.73 Å². The summed E-state index contributed by atoms with van der Waals surface area (Å²) in [6, 6.07) is 0. The lowest BCUT2D eigenvalue weighted by atomic mass is 9.90. The zero-order chi connectivity index (χ0) is 13.8. The maximum Gasteiger partial charge on any atom is 0.360 e. The number of ether oxygens (including phenoxy) is 1. The molecule has 0 saturated heterocycles. The lowest BCUT2D eigenvalue weighted by Crippen LogP contribution is -2.23. The third-order valence-corrected chi connectivity index (χ3v) is 2.49. The topological polar surface area (TPSA) is 83.0 Å². The van der Waals surface area contributed by atoms with E-state index in [1.54, 1.807) is 11.6 Å². The van der Waals surface area contributed by atoms with Crippen LogP contribution in [0, 0.1) is 0 Å². The van der Waals surface area contributed by atoms with Gasteiger partial charge >= 0.3 is 5.97 Å². The molecule has 0 aromatic carbocycles. The highest BCUT2D eigenvalue weighted by molar-refractivity contribution is 5.88. The Morgan fingerprint density at radius 3 is 2.61 bits per heavy atom. The molecule has 0 aliphatic heterocycles. The van der Waals surface area contributed by atoms with Crippen LogP contribution in [0.3, 0.4) is 0 Å². The molecule has 0 atom stereocenters. The van der Waals surface area contributed by atoms with Crippen LogP contribution in [0.1, 0.15) is 50.3 Å². The van der Waals surface area contributed by atoms with Gasteiger partial charge in [-0.1, -0.05) is 26.0 Å². The summed E-state index contributed by atoms with van der Waals surface area (Å²) in [5.74, 6) is -0.415. The molecule has 0 radical (unpaired) electrons. The number of aryl methyl sites for hydroxylation is 1. The third kappa shape index (κ3) is 3.29. The van der Waals surface area contributed by atoms with Crippen molar-refractivity contribution in [3.05, 3.63) is 11.4 Å². The van der Waals surface area contributed by atoms with Crippen molar-refractivity contribution in [3.8, 4) is 0 Å². The molecule has 102 valence electrons. The Morgan fingerprint density at radius 1 is 1.44 bits per heavy atom. The summed E-state index contributed by atoms with van der Waals surface area (Å²) in [4.78, 5) is 11.8. The number of nitrogens with two attached hydrogens (primary N) is 1. The lowest BCUT2D eigenvalue weighted by molar-refractivity contribution is 0.0516. The molecule has 0 fully saturated rings. The SMILES string of the molecule is CCOC(=O)c1nnn(CCCN)c1C(C)(C)C. The number of aromatic nitrogens is 3. The zero-order valence-corrected chi connectivity index (χ0v) is 11.6. The maximum atomic E-state index is 11.8. The van der Waals surface area contributed by atoms with Gasteiger partial charge in [0.2, 0.25) is 0 Å². The number of carbonyl (C=O) groups excluding carboxylic acids is 1. The molecule has 2 N–H and O–H groups in total. The van der Waals surface area contributed by atoms with E-state index < -0.39 is 5.97 Å². The van der Waals surface area contributed by atoms with Crippen molar-refractivity contribution in [2.45, 2.75) is 46.1 Å². The van der Waals surface area contributed by atoms with E-state index in [9.17, 15) is 4.79 Å². The van der Waals surface area contributed by atoms with E-state index >= 15 is 0 Å². The molecule has 6 heteroatoms. The van der Waals surface area contributed by atoms with Crippen LogP contribution in [0.4, 0.5) is 0 Å². The Bertz CT molecular complexity index is 407. The van der Waals surface area contributed by atoms with Crippen molar-refractivity contribution < 1.29 is 9.53 Å². The Morgan fingerprint density at radius 2 is 2.11 bits per heavy atom. The summed E-state index contributed by atoms with van der Waals surface area (Å²) in [6.45, 7) is 9.41. The summed E-state index contributed by atoms with van der Waals surface area (Å²) in [5, 5.41) is 7.99. The van der Waals surface area contributed by atoms with E-state index in [1.807, 2.05) is 20.8 Å². The largest absolute Gasteiger partial charge is 0.461 e. The van der Waals surface area contributed by atoms with E-state index in [1.165, 1.54) is 0 Å². The predicted molar refractivity (Wildman–Crippen MR) is 68.3 cm³/mol. The average Bonchev–Trinajstić information content (AvgIpc) is 2.70. The molecular weight excluding hydrogens is 232 g/mol. The second kappa shape index (κ2) is 5.95. The van der Waals surface area contributed by atoms with Crippen LogP contribution in [0.2, 0.25) is 0 Å². The van der Waals surface area contributed by atoms with E-state index in [0.29, 0.717) is 25.4 Å². The summed E-state index contributed by atoms with van der Waals surface area (Å²) in [7, 11) is 0. The number of hydrogen-bond donors (Lipinski definition) is 1. The van der Waals surface area contributed by atoms with Crippen molar-refractivity contribution in [1.29, 1.82) is 0 Å². The molecular formula is C12H22N4O2. The molecule has 0 unspecified atom stereocenters. The van der Waals surface area contributed by atoms with Crippen molar-refractivity contribution >= 4 is 5.97 Å². The molecule has 0 spiro atoms. The molecule has 1 aromatic rings. The van der Waals surface area contributed by atoms with Crippen LogP contribution < -0.4 is 5.73 Å². The van der Waals surface area contributed by atoms with Gasteiger partial charge in [0.25, 0.3) is 0 Å². The quantitative estimate of drug-likeness (QED) is 0.795. The molecule has 1 aromatic heterocycles. The second-order valence-corrected chi connectivity index (χ2v) is 5.12. The van der Waals surface area contributed by atoms with E-state index in [0.717, 1.165) is 12.1 Å². The van der Waals surface area contributed by atoms with Crippen molar-refractivity contribution in [2.75, 3.05) is 13.2 Å². The summed E-state index contributed by atoms with van der Waals surface area (Å²) in [6.07, 6.45) is 0.800. The highest BCUT2D eigenvalue weighted by Crippen LogP contribution is 2.25. The molecule has 0 saturated carbocycles. The fraction of sp³-hybridized carbons (Fsp3) is 0.750. The van der Waals surface area contributed by atoms with E-state index in [-0.39, 0.29) is 5.41 Å². The number of rotatable bonds is 5. The monoisotopic (exact) mass is 254 g/mol. The van der Waals surface area contributed by atoms with Gasteiger partial charge in [-0.05, 0) is 19.9 Å². The zero-order valence-electron chi connectivity index (χ0n) is 11.6. The fourth-order valence-electron chi connectivity index (χ4n) is 1.79. The van der Waals surface area contributed by atoms with Crippen molar-refractivity contribution in [3.63, 3.8) is 0 Å². The Hall–Kier alpha value is -1.43. The molecule has 0 aliphatic carbocycles. The molecule has 18 heavy (non-hydrogen) atoms. The minimum Gasteiger partial charge on any atom is -0.461 e. The minimum atomic E-state index is -0.415. The minimum absolute atomic E-state index is 0.222. The van der Waals surface area contributed by atoms with Crippen molar-refractivity contribution in [1.82, 2.24) is 15.0 Å². The Balaban J connectivity index is 3.11. The highest BCUT2D eigenvalue weighted by Gasteiger charge is 2.29. The highest BCUT2D eigenvalue weighted by atomic mass is 16.5. The Kier molecular flexibility index (Phi) is 4.84. The predicted octanol–water partition coefficient (Wildman–Crippen LogP) is 1.10. The first-order valence-corrected chi connectivity index (χ1v) is 6.23. The number of hydrogen-bond acceptors (Lipinski definition) is 5. The standard InChI is InChI=1S/C12H22N4O2/c1-5-18-11(17)9-10(12(2,3)4)16(15-14-9)8-6-7-13/h5-8,13H2,1-4H3. The normalized spacial score (nSPS) is 11.6. The van der Waals surface area contributed by atoms with E-state index in [4.69, 9.17) is 10.5 Å².